The van der Waals surface area contributed by atoms with Crippen molar-refractivity contribution in [1.29, 1.82) is 0 Å². The second kappa shape index (κ2) is 6.38. The summed E-state index contributed by atoms with van der Waals surface area (Å²) in [5, 5.41) is 3.24. The van der Waals surface area contributed by atoms with Crippen LogP contribution in [0.15, 0.2) is 18.5 Å². The summed E-state index contributed by atoms with van der Waals surface area (Å²) in [5.74, 6) is -0.444. The lowest BCUT2D eigenvalue weighted by atomic mass is 9.90. The fourth-order valence-electron chi connectivity index (χ4n) is 1.75. The van der Waals surface area contributed by atoms with Gasteiger partial charge in [0.05, 0.1) is 11.3 Å². The van der Waals surface area contributed by atoms with Crippen molar-refractivity contribution in [3.63, 3.8) is 0 Å². The van der Waals surface area contributed by atoms with Gasteiger partial charge in [0.2, 0.25) is 0 Å². The Hall–Kier alpha value is -1.58. The van der Waals surface area contributed by atoms with Gasteiger partial charge in [0.1, 0.15) is 0 Å². The summed E-state index contributed by atoms with van der Waals surface area (Å²) in [6.07, 6.45) is 6.61. The van der Waals surface area contributed by atoms with E-state index in [1.54, 1.807) is 12.3 Å². The van der Waals surface area contributed by atoms with Crippen LogP contribution < -0.4 is 11.1 Å². The molecule has 1 heterocycles. The van der Waals surface area contributed by atoms with Gasteiger partial charge in [0, 0.05) is 18.9 Å². The van der Waals surface area contributed by atoms with Gasteiger partial charge in [0.25, 0.3) is 5.91 Å². The molecule has 3 N–H and O–H groups in total. The number of pyridine rings is 1. The zero-order valence-electron chi connectivity index (χ0n) is 11.5. The highest BCUT2D eigenvalue weighted by Gasteiger charge is 2.09. The molecule has 0 aromatic carbocycles. The van der Waals surface area contributed by atoms with Gasteiger partial charge in [-0.3, -0.25) is 9.78 Å². The summed E-state index contributed by atoms with van der Waals surface area (Å²) in [5.41, 5.74) is 6.89. The number of nitrogens with zero attached hydrogens (tertiary/aromatic N) is 1. The summed E-state index contributed by atoms with van der Waals surface area (Å²) >= 11 is 0. The molecule has 1 rings (SSSR count). The van der Waals surface area contributed by atoms with Gasteiger partial charge >= 0.3 is 0 Å². The van der Waals surface area contributed by atoms with Crippen LogP contribution in [0, 0.1) is 5.41 Å². The lowest BCUT2D eigenvalue weighted by Crippen LogP contribution is -2.15. The minimum atomic E-state index is -0.444. The number of nitrogens with one attached hydrogen (secondary N) is 1. The molecule has 0 atom stereocenters. The first-order chi connectivity index (χ1) is 8.40. The first kappa shape index (κ1) is 14.5. The monoisotopic (exact) mass is 249 g/mol. The largest absolute Gasteiger partial charge is 0.384 e. The predicted molar refractivity (Wildman–Crippen MR) is 74.6 cm³/mol. The summed E-state index contributed by atoms with van der Waals surface area (Å²) in [6, 6.07) is 1.78. The van der Waals surface area contributed by atoms with Crippen LogP contribution >= 0.6 is 0 Å². The Bertz CT molecular complexity index is 396. The topological polar surface area (TPSA) is 68.0 Å². The molecule has 0 saturated carbocycles. The van der Waals surface area contributed by atoms with E-state index in [2.05, 4.69) is 31.1 Å². The van der Waals surface area contributed by atoms with Gasteiger partial charge in [-0.05, 0) is 24.3 Å². The summed E-state index contributed by atoms with van der Waals surface area (Å²) < 4.78 is 0. The molecule has 4 nitrogen and oxygen atoms in total. The molecular weight excluding hydrogens is 226 g/mol. The zero-order chi connectivity index (χ0) is 13.6. The Labute approximate surface area is 109 Å². The maximum absolute atomic E-state index is 11.2. The number of nitrogens with two attached hydrogens (primary N) is 1. The van der Waals surface area contributed by atoms with Crippen LogP contribution in [0.25, 0.3) is 0 Å². The minimum absolute atomic E-state index is 0.384. The molecule has 0 unspecified atom stereocenters. The fourth-order valence-corrected chi connectivity index (χ4v) is 1.75. The molecule has 4 heteroatoms. The first-order valence-electron chi connectivity index (χ1n) is 6.38. The second-order valence-electron chi connectivity index (χ2n) is 5.73. The van der Waals surface area contributed by atoms with E-state index in [1.165, 1.54) is 19.0 Å². The molecule has 1 amide bonds. The highest BCUT2D eigenvalue weighted by atomic mass is 16.1. The van der Waals surface area contributed by atoms with E-state index in [9.17, 15) is 4.79 Å². The van der Waals surface area contributed by atoms with Crippen molar-refractivity contribution in [2.24, 2.45) is 11.1 Å². The number of hydrogen-bond acceptors (Lipinski definition) is 3. The molecule has 0 radical (unpaired) electrons. The van der Waals surface area contributed by atoms with E-state index >= 15 is 0 Å². The van der Waals surface area contributed by atoms with E-state index in [-0.39, 0.29) is 0 Å². The van der Waals surface area contributed by atoms with Crippen molar-refractivity contribution in [3.05, 3.63) is 24.0 Å². The van der Waals surface area contributed by atoms with Crippen molar-refractivity contribution >= 4 is 11.6 Å². The Balaban J connectivity index is 2.38. The highest BCUT2D eigenvalue weighted by Crippen LogP contribution is 2.21. The lowest BCUT2D eigenvalue weighted by Gasteiger charge is -2.17. The van der Waals surface area contributed by atoms with Crippen LogP contribution in [-0.4, -0.2) is 17.4 Å². The van der Waals surface area contributed by atoms with Gasteiger partial charge in [0.15, 0.2) is 0 Å². The van der Waals surface area contributed by atoms with Gasteiger partial charge < -0.3 is 11.1 Å². The van der Waals surface area contributed by atoms with Crippen LogP contribution in [0.5, 0.6) is 0 Å². The molecule has 0 bridgehead atoms. The van der Waals surface area contributed by atoms with Gasteiger partial charge in [-0.1, -0.05) is 27.2 Å². The Morgan fingerprint density at radius 3 is 2.72 bits per heavy atom. The normalized spacial score (nSPS) is 11.3. The summed E-state index contributed by atoms with van der Waals surface area (Å²) in [4.78, 5) is 15.1. The van der Waals surface area contributed by atoms with Crippen LogP contribution in [0.3, 0.4) is 0 Å². The number of unbranched alkanes of at least 4 members (excludes halogenated alkanes) is 1. The van der Waals surface area contributed by atoms with Crippen molar-refractivity contribution < 1.29 is 4.79 Å². The van der Waals surface area contributed by atoms with E-state index < -0.39 is 5.91 Å². The van der Waals surface area contributed by atoms with Crippen LogP contribution in [-0.2, 0) is 0 Å². The number of anilines is 1. The van der Waals surface area contributed by atoms with Crippen molar-refractivity contribution in [3.8, 4) is 0 Å². The maximum atomic E-state index is 11.2. The van der Waals surface area contributed by atoms with Crippen LogP contribution in [0.4, 0.5) is 5.69 Å². The molecule has 100 valence electrons. The molecular formula is C14H23N3O. The van der Waals surface area contributed by atoms with E-state index in [0.29, 0.717) is 11.0 Å². The average Bonchev–Trinajstić information content (AvgIpc) is 2.27. The molecule has 0 spiro atoms. The SMILES string of the molecule is CC(C)(C)CCCCNc1ccncc1C(N)=O. The van der Waals surface area contributed by atoms with Crippen molar-refractivity contribution in [2.45, 2.75) is 40.0 Å². The van der Waals surface area contributed by atoms with Gasteiger partial charge in [-0.2, -0.15) is 0 Å². The quantitative estimate of drug-likeness (QED) is 0.762. The van der Waals surface area contributed by atoms with E-state index in [1.807, 2.05) is 0 Å². The molecule has 0 fully saturated rings. The smallest absolute Gasteiger partial charge is 0.252 e. The first-order valence-corrected chi connectivity index (χ1v) is 6.38. The number of rotatable bonds is 6. The fraction of sp³-hybridized carbons (Fsp3) is 0.571. The highest BCUT2D eigenvalue weighted by molar-refractivity contribution is 5.98. The summed E-state index contributed by atoms with van der Waals surface area (Å²) in [6.45, 7) is 7.58. The van der Waals surface area contributed by atoms with Crippen molar-refractivity contribution in [1.82, 2.24) is 4.98 Å². The Kier molecular flexibility index (Phi) is 5.13. The molecule has 0 aliphatic rings. The molecule has 0 saturated heterocycles. The number of carbonyl (C=O) groups is 1. The predicted octanol–water partition coefficient (Wildman–Crippen LogP) is 2.81. The maximum Gasteiger partial charge on any atom is 0.252 e. The number of hydrogen-bond donors (Lipinski definition) is 2. The Morgan fingerprint density at radius 2 is 2.11 bits per heavy atom. The van der Waals surface area contributed by atoms with Crippen LogP contribution in [0.2, 0.25) is 0 Å². The van der Waals surface area contributed by atoms with E-state index in [0.717, 1.165) is 18.7 Å². The summed E-state index contributed by atoms with van der Waals surface area (Å²) in [7, 11) is 0. The van der Waals surface area contributed by atoms with Crippen LogP contribution in [0.1, 0.15) is 50.4 Å². The molecule has 0 aliphatic carbocycles. The average molecular weight is 249 g/mol. The lowest BCUT2D eigenvalue weighted by molar-refractivity contribution is 0.100. The molecule has 0 aliphatic heterocycles. The standard InChI is InChI=1S/C14H23N3O/c1-14(2,3)7-4-5-8-17-12-6-9-16-10-11(12)13(15)18/h6,9-10H,4-5,7-8H2,1-3H3,(H2,15,18)(H,16,17). The third kappa shape index (κ3) is 5.17. The number of carbonyl (C=O) groups excluding carboxylic acids is 1. The van der Waals surface area contributed by atoms with Crippen molar-refractivity contribution in [2.75, 3.05) is 11.9 Å². The molecule has 1 aromatic heterocycles. The number of aromatic nitrogens is 1. The second-order valence-corrected chi connectivity index (χ2v) is 5.73. The minimum Gasteiger partial charge on any atom is -0.384 e. The Morgan fingerprint density at radius 1 is 1.39 bits per heavy atom. The van der Waals surface area contributed by atoms with Gasteiger partial charge in [-0.15, -0.1) is 0 Å². The number of primary amides is 1. The third-order valence-corrected chi connectivity index (χ3v) is 2.76. The van der Waals surface area contributed by atoms with Gasteiger partial charge in [-0.25, -0.2) is 0 Å². The molecule has 1 aromatic rings. The van der Waals surface area contributed by atoms with E-state index in [4.69, 9.17) is 5.73 Å². The molecule has 18 heavy (non-hydrogen) atoms. The number of amides is 1. The zero-order valence-corrected chi connectivity index (χ0v) is 11.5. The third-order valence-electron chi connectivity index (χ3n) is 2.76.